The number of carbonyl (C=O) groups excluding carboxylic acids is 2. The van der Waals surface area contributed by atoms with Crippen LogP contribution in [-0.4, -0.2) is 73.1 Å². The molecule has 2 aliphatic heterocycles. The fraction of sp³-hybridized carbons (Fsp3) is 0.750. The van der Waals surface area contributed by atoms with Crippen molar-refractivity contribution in [1.82, 2.24) is 25.1 Å². The van der Waals surface area contributed by atoms with E-state index >= 15 is 0 Å². The molecule has 3 heterocycles. The Kier molecular flexibility index (Phi) is 4.52. The smallest absolute Gasteiger partial charge is 0.315 e. The average molecular weight is 358 g/mol. The van der Waals surface area contributed by atoms with E-state index < -0.39 is 11.5 Å². The standard InChI is InChI=1S/C12H18N6O3S2/c1-3-21-10(20)12(6-23-11-14-15-16-17(11)2)4-18-8(19)7(13)9(18)22-5-12/h7,9H,3-6,13H2,1-2H3/t7?,9-,12?/m1/s1. The Labute approximate surface area is 141 Å². The highest BCUT2D eigenvalue weighted by atomic mass is 32.2. The molecule has 1 aromatic heterocycles. The molecular formula is C12H18N6O3S2. The van der Waals surface area contributed by atoms with Crippen LogP contribution in [-0.2, 0) is 21.4 Å². The molecule has 2 unspecified atom stereocenters. The first-order valence-electron chi connectivity index (χ1n) is 7.18. The first-order chi connectivity index (χ1) is 11.0. The van der Waals surface area contributed by atoms with Gasteiger partial charge >= 0.3 is 5.97 Å². The van der Waals surface area contributed by atoms with Gasteiger partial charge in [-0.15, -0.1) is 16.9 Å². The van der Waals surface area contributed by atoms with Gasteiger partial charge in [0.1, 0.15) is 16.8 Å². The van der Waals surface area contributed by atoms with Crippen LogP contribution in [0.3, 0.4) is 0 Å². The molecule has 0 radical (unpaired) electrons. The van der Waals surface area contributed by atoms with Gasteiger partial charge in [0.25, 0.3) is 0 Å². The Morgan fingerprint density at radius 2 is 2.39 bits per heavy atom. The fourth-order valence-electron chi connectivity index (χ4n) is 2.63. The zero-order chi connectivity index (χ0) is 16.6. The molecule has 0 aromatic carbocycles. The van der Waals surface area contributed by atoms with Crippen molar-refractivity contribution >= 4 is 35.4 Å². The van der Waals surface area contributed by atoms with Crippen molar-refractivity contribution in [3.05, 3.63) is 0 Å². The summed E-state index contributed by atoms with van der Waals surface area (Å²) in [4.78, 5) is 26.2. The molecule has 11 heteroatoms. The van der Waals surface area contributed by atoms with E-state index in [1.165, 1.54) is 23.5 Å². The number of rotatable bonds is 5. The quantitative estimate of drug-likeness (QED) is 0.406. The van der Waals surface area contributed by atoms with Gasteiger partial charge in [-0.1, -0.05) is 11.8 Å². The van der Waals surface area contributed by atoms with Crippen molar-refractivity contribution in [3.8, 4) is 0 Å². The fourth-order valence-corrected chi connectivity index (χ4v) is 5.28. The molecule has 2 N–H and O–H groups in total. The molecule has 1 amide bonds. The van der Waals surface area contributed by atoms with E-state index in [0.29, 0.717) is 29.8 Å². The maximum Gasteiger partial charge on any atom is 0.315 e. The van der Waals surface area contributed by atoms with Crippen LogP contribution < -0.4 is 5.73 Å². The predicted molar refractivity (Wildman–Crippen MR) is 84.5 cm³/mol. The highest BCUT2D eigenvalue weighted by Gasteiger charge is 2.56. The molecule has 2 aliphatic rings. The molecular weight excluding hydrogens is 340 g/mol. The van der Waals surface area contributed by atoms with Crippen LogP contribution in [0, 0.1) is 5.41 Å². The Balaban J connectivity index is 1.77. The van der Waals surface area contributed by atoms with Crippen molar-refractivity contribution in [2.75, 3.05) is 24.7 Å². The Morgan fingerprint density at radius 3 is 3.04 bits per heavy atom. The van der Waals surface area contributed by atoms with E-state index in [9.17, 15) is 9.59 Å². The van der Waals surface area contributed by atoms with Crippen LogP contribution >= 0.6 is 23.5 Å². The summed E-state index contributed by atoms with van der Waals surface area (Å²) in [6, 6.07) is -0.462. The van der Waals surface area contributed by atoms with Crippen molar-refractivity contribution in [3.63, 3.8) is 0 Å². The topological polar surface area (TPSA) is 116 Å². The molecule has 3 rings (SSSR count). The van der Waals surface area contributed by atoms with E-state index in [0.717, 1.165) is 0 Å². The van der Waals surface area contributed by atoms with Gasteiger partial charge in [0.05, 0.1) is 6.61 Å². The lowest BCUT2D eigenvalue weighted by atomic mass is 9.89. The number of amides is 1. The van der Waals surface area contributed by atoms with Crippen molar-refractivity contribution < 1.29 is 14.3 Å². The number of fused-ring (bicyclic) bond motifs is 1. The number of hydrogen-bond donors (Lipinski definition) is 1. The van der Waals surface area contributed by atoms with E-state index in [4.69, 9.17) is 10.5 Å². The number of aryl methyl sites for hydroxylation is 1. The number of hydrogen-bond acceptors (Lipinski definition) is 9. The first kappa shape index (κ1) is 16.5. The molecule has 1 aromatic rings. The lowest BCUT2D eigenvalue weighted by molar-refractivity contribution is -0.159. The highest BCUT2D eigenvalue weighted by Crippen LogP contribution is 2.44. The number of aromatic nitrogens is 4. The zero-order valence-electron chi connectivity index (χ0n) is 12.8. The van der Waals surface area contributed by atoms with Crippen molar-refractivity contribution in [2.24, 2.45) is 18.2 Å². The van der Waals surface area contributed by atoms with Gasteiger partial charge < -0.3 is 15.4 Å². The van der Waals surface area contributed by atoms with Crippen molar-refractivity contribution in [2.45, 2.75) is 23.5 Å². The molecule has 3 atom stereocenters. The third kappa shape index (κ3) is 2.81. The normalized spacial score (nSPS) is 29.9. The lowest BCUT2D eigenvalue weighted by Crippen LogP contribution is -2.72. The van der Waals surface area contributed by atoms with E-state index in [1.54, 1.807) is 23.6 Å². The Hall–Kier alpha value is -1.33. The number of nitrogens with two attached hydrogens (primary N) is 1. The van der Waals surface area contributed by atoms with Gasteiger partial charge in [-0.25, -0.2) is 4.68 Å². The van der Waals surface area contributed by atoms with Gasteiger partial charge in [-0.3, -0.25) is 9.59 Å². The summed E-state index contributed by atoms with van der Waals surface area (Å²) in [5.41, 5.74) is 5.03. The number of carbonyl (C=O) groups is 2. The van der Waals surface area contributed by atoms with Gasteiger partial charge in [0.15, 0.2) is 0 Å². The minimum absolute atomic E-state index is 0.0356. The summed E-state index contributed by atoms with van der Waals surface area (Å²) in [7, 11) is 1.74. The third-order valence-corrected chi connectivity index (χ3v) is 6.86. The maximum atomic E-state index is 12.6. The molecule has 23 heavy (non-hydrogen) atoms. The lowest BCUT2D eigenvalue weighted by Gasteiger charge is -2.53. The summed E-state index contributed by atoms with van der Waals surface area (Å²) in [5, 5.41) is 11.9. The molecule has 0 aliphatic carbocycles. The summed E-state index contributed by atoms with van der Waals surface area (Å²) < 4.78 is 6.81. The summed E-state index contributed by atoms with van der Waals surface area (Å²) in [6.45, 7) is 2.40. The Morgan fingerprint density at radius 1 is 1.61 bits per heavy atom. The van der Waals surface area contributed by atoms with Crippen LogP contribution in [0.5, 0.6) is 0 Å². The molecule has 2 fully saturated rings. The molecule has 126 valence electrons. The maximum absolute atomic E-state index is 12.6. The second-order valence-corrected chi connectivity index (χ2v) is 7.62. The van der Waals surface area contributed by atoms with Crippen LogP contribution in [0.4, 0.5) is 0 Å². The van der Waals surface area contributed by atoms with Crippen LogP contribution in [0.2, 0.25) is 0 Å². The second kappa shape index (κ2) is 6.29. The molecule has 0 bridgehead atoms. The number of nitrogens with zero attached hydrogens (tertiary/aromatic N) is 5. The van der Waals surface area contributed by atoms with Gasteiger partial charge in [0.2, 0.25) is 11.1 Å². The number of tetrazole rings is 1. The zero-order valence-corrected chi connectivity index (χ0v) is 14.5. The van der Waals surface area contributed by atoms with Gasteiger partial charge in [0, 0.05) is 25.1 Å². The second-order valence-electron chi connectivity index (χ2n) is 5.57. The van der Waals surface area contributed by atoms with Crippen LogP contribution in [0.1, 0.15) is 6.92 Å². The van der Waals surface area contributed by atoms with E-state index in [1.807, 2.05) is 0 Å². The number of esters is 1. The predicted octanol–water partition coefficient (Wildman–Crippen LogP) is -0.906. The molecule has 0 saturated carbocycles. The van der Waals surface area contributed by atoms with Crippen molar-refractivity contribution in [1.29, 1.82) is 0 Å². The monoisotopic (exact) mass is 358 g/mol. The van der Waals surface area contributed by atoms with Crippen LogP contribution in [0.25, 0.3) is 0 Å². The highest BCUT2D eigenvalue weighted by molar-refractivity contribution is 8.00. The van der Waals surface area contributed by atoms with Crippen LogP contribution in [0.15, 0.2) is 5.16 Å². The average Bonchev–Trinajstić information content (AvgIpc) is 2.97. The summed E-state index contributed by atoms with van der Waals surface area (Å²) in [5.74, 6) is 0.605. The van der Waals surface area contributed by atoms with Gasteiger partial charge in [-0.2, -0.15) is 0 Å². The first-order valence-corrected chi connectivity index (χ1v) is 9.22. The minimum Gasteiger partial charge on any atom is -0.465 e. The number of β-lactam (4-membered cyclic amide) rings is 1. The largest absolute Gasteiger partial charge is 0.465 e. The minimum atomic E-state index is -0.774. The Bertz CT molecular complexity index is 626. The number of thioether (sulfide) groups is 2. The van der Waals surface area contributed by atoms with E-state index in [-0.39, 0.29) is 17.3 Å². The van der Waals surface area contributed by atoms with Gasteiger partial charge in [-0.05, 0) is 17.4 Å². The SMILES string of the molecule is CCOC(=O)C1(CSc2nnnn2C)CS[C@@H]2C(N)C(=O)N2C1. The summed E-state index contributed by atoms with van der Waals surface area (Å²) in [6.07, 6.45) is 0. The molecule has 9 nitrogen and oxygen atoms in total. The van der Waals surface area contributed by atoms with E-state index in [2.05, 4.69) is 15.5 Å². The number of ether oxygens (including phenoxy) is 1. The third-order valence-electron chi connectivity index (χ3n) is 3.95. The summed E-state index contributed by atoms with van der Waals surface area (Å²) >= 11 is 2.92. The molecule has 0 spiro atoms. The molecule has 2 saturated heterocycles.